The second-order valence-electron chi connectivity index (χ2n) is 12.3. The third-order valence-corrected chi connectivity index (χ3v) is 7.55. The molecule has 198 valence electrons. The molecule has 6 nitrogen and oxygen atoms in total. The van der Waals surface area contributed by atoms with Gasteiger partial charge in [-0.2, -0.15) is 0 Å². The van der Waals surface area contributed by atoms with Crippen molar-refractivity contribution >= 4 is 34.3 Å². The number of fused-ring (bicyclic) bond motifs is 3. The highest BCUT2D eigenvalue weighted by Crippen LogP contribution is 2.45. The van der Waals surface area contributed by atoms with Crippen LogP contribution in [0.1, 0.15) is 75.1 Å². The summed E-state index contributed by atoms with van der Waals surface area (Å²) in [5, 5.41) is 0.747. The molecule has 5 rings (SSSR count). The highest BCUT2D eigenvalue weighted by Gasteiger charge is 2.36. The lowest BCUT2D eigenvalue weighted by Gasteiger charge is -2.36. The molecule has 1 unspecified atom stereocenters. The summed E-state index contributed by atoms with van der Waals surface area (Å²) < 4.78 is 16.7. The zero-order valence-electron chi connectivity index (χ0n) is 23.0. The van der Waals surface area contributed by atoms with E-state index in [0.29, 0.717) is 12.0 Å². The van der Waals surface area contributed by atoms with Crippen molar-refractivity contribution in [3.63, 3.8) is 0 Å². The first-order valence-electron chi connectivity index (χ1n) is 13.1. The number of ether oxygens (including phenoxy) is 3. The highest BCUT2D eigenvalue weighted by molar-refractivity contribution is 6.07. The molecular formula is C32H35NO5. The molecule has 1 atom stereocenters. The molecule has 6 heteroatoms. The Morgan fingerprint density at radius 1 is 1.00 bits per heavy atom. The lowest BCUT2D eigenvalue weighted by molar-refractivity contribution is -0.129. The van der Waals surface area contributed by atoms with E-state index in [1.54, 1.807) is 0 Å². The Morgan fingerprint density at radius 2 is 1.74 bits per heavy atom. The van der Waals surface area contributed by atoms with Crippen molar-refractivity contribution in [2.45, 2.75) is 54.4 Å². The lowest BCUT2D eigenvalue weighted by Crippen LogP contribution is -2.30. The average Bonchev–Trinajstić information content (AvgIpc) is 3.32. The molecule has 1 aliphatic heterocycles. The Morgan fingerprint density at radius 3 is 2.47 bits per heavy atom. The van der Waals surface area contributed by atoms with Crippen molar-refractivity contribution in [2.75, 3.05) is 13.4 Å². The zero-order chi connectivity index (χ0) is 27.2. The van der Waals surface area contributed by atoms with Crippen LogP contribution in [0.25, 0.3) is 22.6 Å². The van der Waals surface area contributed by atoms with Crippen molar-refractivity contribution in [1.82, 2.24) is 4.98 Å². The average molecular weight is 514 g/mol. The first-order valence-corrected chi connectivity index (χ1v) is 13.1. The minimum Gasteiger partial charge on any atom is -0.454 e. The Bertz CT molecular complexity index is 1460. The number of allylic oxidation sites excluding steroid dienone is 1. The molecule has 38 heavy (non-hydrogen) atoms. The molecule has 0 spiro atoms. The van der Waals surface area contributed by atoms with E-state index in [2.05, 4.69) is 26.8 Å². The smallest absolute Gasteiger partial charge is 0.339 e. The number of Topliss-reactive ketones (excluding diaryl/α,β-unsaturated/α-hetero) is 1. The maximum atomic E-state index is 13.7. The fourth-order valence-corrected chi connectivity index (χ4v) is 4.99. The van der Waals surface area contributed by atoms with Crippen LogP contribution in [-0.2, 0) is 16.0 Å². The van der Waals surface area contributed by atoms with E-state index >= 15 is 0 Å². The van der Waals surface area contributed by atoms with Gasteiger partial charge in [-0.3, -0.25) is 4.79 Å². The number of carbonyl (C=O) groups excluding carboxylic acids is 2. The Labute approximate surface area is 224 Å². The first-order chi connectivity index (χ1) is 17.9. The molecule has 0 radical (unpaired) electrons. The van der Waals surface area contributed by atoms with Gasteiger partial charge < -0.3 is 14.2 Å². The summed E-state index contributed by atoms with van der Waals surface area (Å²) in [7, 11) is 0. The maximum Gasteiger partial charge on any atom is 0.339 e. The third-order valence-electron chi connectivity index (χ3n) is 7.55. The number of esters is 1. The summed E-state index contributed by atoms with van der Waals surface area (Å²) in [5.41, 5.74) is 4.41. The van der Waals surface area contributed by atoms with E-state index < -0.39 is 11.4 Å². The van der Waals surface area contributed by atoms with Crippen LogP contribution in [0.2, 0.25) is 0 Å². The van der Waals surface area contributed by atoms with E-state index in [1.807, 2.05) is 63.2 Å². The monoisotopic (exact) mass is 513 g/mol. The molecule has 1 aliphatic carbocycles. The van der Waals surface area contributed by atoms with Crippen LogP contribution in [0.4, 0.5) is 0 Å². The molecule has 0 fully saturated rings. The van der Waals surface area contributed by atoms with Gasteiger partial charge in [0.15, 0.2) is 23.9 Å². The maximum absolute atomic E-state index is 13.7. The number of hydrogen-bond donors (Lipinski definition) is 0. The van der Waals surface area contributed by atoms with Crippen LogP contribution < -0.4 is 9.47 Å². The van der Waals surface area contributed by atoms with Crippen molar-refractivity contribution in [3.8, 4) is 11.5 Å². The molecule has 2 aliphatic rings. The van der Waals surface area contributed by atoms with E-state index in [-0.39, 0.29) is 30.5 Å². The largest absolute Gasteiger partial charge is 0.454 e. The fourth-order valence-electron chi connectivity index (χ4n) is 4.99. The number of pyridine rings is 1. The molecule has 0 bridgehead atoms. The van der Waals surface area contributed by atoms with E-state index in [9.17, 15) is 9.59 Å². The molecule has 1 aromatic heterocycles. The third kappa shape index (κ3) is 5.04. The van der Waals surface area contributed by atoms with E-state index in [4.69, 9.17) is 19.2 Å². The van der Waals surface area contributed by atoms with Gasteiger partial charge in [-0.15, -0.1) is 0 Å². The van der Waals surface area contributed by atoms with Crippen molar-refractivity contribution in [3.05, 3.63) is 64.8 Å². The summed E-state index contributed by atoms with van der Waals surface area (Å²) in [5.74, 6) is 1.15. The van der Waals surface area contributed by atoms with E-state index in [0.717, 1.165) is 51.2 Å². The number of para-hydroxylation sites is 1. The minimum atomic E-state index is -0.585. The zero-order valence-corrected chi connectivity index (χ0v) is 23.0. The Balaban J connectivity index is 1.65. The summed E-state index contributed by atoms with van der Waals surface area (Å²) in [6.45, 7) is 12.1. The van der Waals surface area contributed by atoms with Crippen LogP contribution in [0.5, 0.6) is 11.5 Å². The SMILES string of the molecule is CC(C)(C)C(=O)COC(=O)c1c2c(nc3ccccc13)/C(=C/c1ccc3c(c1)OCO3)CC(C(C)(C)C)C2. The van der Waals surface area contributed by atoms with Gasteiger partial charge in [0.05, 0.1) is 16.8 Å². The van der Waals surface area contributed by atoms with E-state index in [1.165, 1.54) is 0 Å². The van der Waals surface area contributed by atoms with Gasteiger partial charge >= 0.3 is 5.97 Å². The number of rotatable bonds is 4. The molecule has 2 aromatic carbocycles. The summed E-state index contributed by atoms with van der Waals surface area (Å²) >= 11 is 0. The highest BCUT2D eigenvalue weighted by atomic mass is 16.7. The molecule has 0 amide bonds. The number of carbonyl (C=O) groups is 2. The summed E-state index contributed by atoms with van der Waals surface area (Å²) in [4.78, 5) is 31.3. The molecule has 0 saturated heterocycles. The molecule has 0 N–H and O–H groups in total. The summed E-state index contributed by atoms with van der Waals surface area (Å²) in [6.07, 6.45) is 3.67. The van der Waals surface area contributed by atoms with Gasteiger partial charge in [0.1, 0.15) is 0 Å². The second kappa shape index (κ2) is 9.57. The number of hydrogen-bond acceptors (Lipinski definition) is 6. The second-order valence-corrected chi connectivity index (χ2v) is 12.3. The standard InChI is InChI=1S/C32H35NO5/c1-31(2,3)21-15-20(13-19-11-12-25-26(14-19)38-18-37-25)29-23(16-21)28(22-9-7-8-10-24(22)33-29)30(35)36-17-27(34)32(4,5)6/h7-14,21H,15-18H2,1-6H3/b20-13+. The van der Waals surface area contributed by atoms with Crippen LogP contribution in [-0.4, -0.2) is 30.1 Å². The topological polar surface area (TPSA) is 74.7 Å². The van der Waals surface area contributed by atoms with Gasteiger partial charge in [0, 0.05) is 10.8 Å². The van der Waals surface area contributed by atoms with Gasteiger partial charge in [-0.1, -0.05) is 65.8 Å². The molecule has 3 aromatic rings. The number of ketones is 1. The molecular weight excluding hydrogens is 478 g/mol. The van der Waals surface area contributed by atoms with Gasteiger partial charge in [-0.25, -0.2) is 9.78 Å². The van der Waals surface area contributed by atoms with Gasteiger partial charge in [-0.05, 0) is 65.1 Å². The predicted octanol–water partition coefficient (Wildman–Crippen LogP) is 6.88. The predicted molar refractivity (Wildman–Crippen MR) is 148 cm³/mol. The number of benzene rings is 2. The first kappa shape index (κ1) is 26.0. The normalized spacial score (nSPS) is 17.9. The Hall–Kier alpha value is -3.67. The van der Waals surface area contributed by atoms with Gasteiger partial charge in [0.25, 0.3) is 0 Å². The quantitative estimate of drug-likeness (QED) is 0.354. The number of aromatic nitrogens is 1. The Kier molecular flexibility index (Phi) is 6.54. The lowest BCUT2D eigenvalue weighted by atomic mass is 9.69. The van der Waals surface area contributed by atoms with Crippen LogP contribution in [0.15, 0.2) is 42.5 Å². The summed E-state index contributed by atoms with van der Waals surface area (Å²) in [6, 6.07) is 13.6. The van der Waals surface area contributed by atoms with Gasteiger partial charge in [0.2, 0.25) is 6.79 Å². The van der Waals surface area contributed by atoms with Crippen LogP contribution >= 0.6 is 0 Å². The molecule has 2 heterocycles. The molecule has 0 saturated carbocycles. The van der Waals surface area contributed by atoms with Crippen molar-refractivity contribution in [1.29, 1.82) is 0 Å². The minimum absolute atomic E-state index is 0.000681. The van der Waals surface area contributed by atoms with Crippen LogP contribution in [0, 0.1) is 16.7 Å². The van der Waals surface area contributed by atoms with Crippen molar-refractivity contribution < 1.29 is 23.8 Å². The van der Waals surface area contributed by atoms with Crippen molar-refractivity contribution in [2.24, 2.45) is 16.7 Å². The van der Waals surface area contributed by atoms with Crippen LogP contribution in [0.3, 0.4) is 0 Å². The fraction of sp³-hybridized carbons (Fsp3) is 0.406. The number of nitrogens with zero attached hydrogens (tertiary/aromatic N) is 1.